The maximum Gasteiger partial charge on any atom is 0.463 e. The van der Waals surface area contributed by atoms with Crippen LogP contribution in [0.25, 0.3) is 0 Å². The molecule has 0 radical (unpaired) electrons. The number of rotatable bonds is 23. The predicted octanol–water partition coefficient (Wildman–Crippen LogP) is 7.30. The Morgan fingerprint density at radius 3 is 1.11 bits per heavy atom. The lowest BCUT2D eigenvalue weighted by atomic mass is 10.1. The molecule has 0 rings (SSSR count). The molecular formula is C29H52O8. The molecule has 0 saturated carbocycles. The number of ether oxygens (including phenoxy) is 4. The van der Waals surface area contributed by atoms with E-state index in [-0.39, 0.29) is 32.1 Å². The normalized spacial score (nSPS) is 12.0. The summed E-state index contributed by atoms with van der Waals surface area (Å²) in [5.41, 5.74) is 0. The molecule has 8 heteroatoms. The number of hydrogen-bond donors (Lipinski definition) is 0. The van der Waals surface area contributed by atoms with Crippen molar-refractivity contribution < 1.29 is 38.1 Å². The molecule has 1 atom stereocenters. The zero-order valence-corrected chi connectivity index (χ0v) is 24.1. The van der Waals surface area contributed by atoms with Crippen molar-refractivity contribution in [2.75, 3.05) is 0 Å². The fourth-order valence-corrected chi connectivity index (χ4v) is 3.75. The van der Waals surface area contributed by atoms with Crippen molar-refractivity contribution in [3.63, 3.8) is 0 Å². The van der Waals surface area contributed by atoms with E-state index in [9.17, 15) is 19.2 Å². The summed E-state index contributed by atoms with van der Waals surface area (Å²) in [5.74, 6) is -4.95. The lowest BCUT2D eigenvalue weighted by Crippen LogP contribution is -2.55. The summed E-state index contributed by atoms with van der Waals surface area (Å²) in [6.07, 6.45) is 9.19. The van der Waals surface area contributed by atoms with Crippen molar-refractivity contribution in [2.45, 2.75) is 162 Å². The second-order valence-electron chi connectivity index (χ2n) is 9.62. The lowest BCUT2D eigenvalue weighted by Gasteiger charge is -2.36. The minimum absolute atomic E-state index is 0.0691. The molecule has 0 amide bonds. The first-order chi connectivity index (χ1) is 17.8. The zero-order chi connectivity index (χ0) is 27.9. The van der Waals surface area contributed by atoms with Crippen molar-refractivity contribution in [3.05, 3.63) is 0 Å². The fraction of sp³-hybridized carbons (Fsp3) is 0.862. The fourth-order valence-electron chi connectivity index (χ4n) is 3.75. The van der Waals surface area contributed by atoms with Crippen molar-refractivity contribution >= 4 is 23.9 Å². The van der Waals surface area contributed by atoms with Gasteiger partial charge in [0.15, 0.2) is 0 Å². The van der Waals surface area contributed by atoms with Crippen molar-refractivity contribution in [3.8, 4) is 0 Å². The van der Waals surface area contributed by atoms with Gasteiger partial charge in [0.1, 0.15) is 0 Å². The van der Waals surface area contributed by atoms with Gasteiger partial charge >= 0.3 is 29.9 Å². The summed E-state index contributed by atoms with van der Waals surface area (Å²) in [4.78, 5) is 51.3. The van der Waals surface area contributed by atoms with Crippen LogP contribution >= 0.6 is 0 Å². The first-order valence-electron chi connectivity index (χ1n) is 14.6. The van der Waals surface area contributed by atoms with Gasteiger partial charge in [0.25, 0.3) is 0 Å². The third-order valence-corrected chi connectivity index (χ3v) is 5.93. The van der Waals surface area contributed by atoms with Crippen LogP contribution in [0.1, 0.15) is 150 Å². The molecule has 0 aromatic rings. The topological polar surface area (TPSA) is 105 Å². The van der Waals surface area contributed by atoms with E-state index in [2.05, 4.69) is 0 Å². The van der Waals surface area contributed by atoms with Crippen LogP contribution in [0.2, 0.25) is 0 Å². The van der Waals surface area contributed by atoms with Gasteiger partial charge in [0.2, 0.25) is 6.10 Å². The Morgan fingerprint density at radius 1 is 0.486 bits per heavy atom. The molecule has 0 N–H and O–H groups in total. The number of unbranched alkanes of at least 4 members (excludes halogenated alkanes) is 8. The van der Waals surface area contributed by atoms with Crippen LogP contribution in [0.4, 0.5) is 0 Å². The van der Waals surface area contributed by atoms with Gasteiger partial charge in [-0.2, -0.15) is 0 Å². The van der Waals surface area contributed by atoms with Crippen molar-refractivity contribution in [1.82, 2.24) is 0 Å². The molecule has 0 aromatic heterocycles. The van der Waals surface area contributed by atoms with Crippen LogP contribution in [0.5, 0.6) is 0 Å². The van der Waals surface area contributed by atoms with Crippen LogP contribution in [0, 0.1) is 0 Å². The van der Waals surface area contributed by atoms with E-state index in [0.29, 0.717) is 32.1 Å². The van der Waals surface area contributed by atoms with Crippen molar-refractivity contribution in [1.29, 1.82) is 0 Å². The standard InChI is InChI=1S/C29H52O8/c1-6-11-15-20-25(30)34-24(19-10-5)29(35-26(31)21-16-12-7-2,36-27(32)22-17-13-8-3)37-28(33)23-18-14-9-4/h24H,6-23H2,1-5H3. The molecule has 1 unspecified atom stereocenters. The van der Waals surface area contributed by atoms with E-state index in [4.69, 9.17) is 18.9 Å². The van der Waals surface area contributed by atoms with Crippen LogP contribution in [-0.4, -0.2) is 36.0 Å². The Kier molecular flexibility index (Phi) is 20.7. The molecule has 0 fully saturated rings. The molecule has 37 heavy (non-hydrogen) atoms. The Hall–Kier alpha value is -2.12. The third-order valence-electron chi connectivity index (χ3n) is 5.93. The highest BCUT2D eigenvalue weighted by atomic mass is 16.9. The van der Waals surface area contributed by atoms with Crippen molar-refractivity contribution in [2.24, 2.45) is 0 Å². The SMILES string of the molecule is CCCCCC(=O)OC(CCC)C(OC(=O)CCCCC)(OC(=O)CCCCC)OC(=O)CCCCC. The highest BCUT2D eigenvalue weighted by Gasteiger charge is 2.53. The highest BCUT2D eigenvalue weighted by molar-refractivity contribution is 5.74. The molecular weight excluding hydrogens is 476 g/mol. The second kappa shape index (κ2) is 21.9. The van der Waals surface area contributed by atoms with E-state index in [1.54, 1.807) is 0 Å². The summed E-state index contributed by atoms with van der Waals surface area (Å²) < 4.78 is 22.7. The van der Waals surface area contributed by atoms with E-state index in [0.717, 1.165) is 51.4 Å². The van der Waals surface area contributed by atoms with Gasteiger partial charge in [-0.3, -0.25) is 19.2 Å². The van der Waals surface area contributed by atoms with Gasteiger partial charge in [-0.25, -0.2) is 0 Å². The molecule has 0 heterocycles. The predicted molar refractivity (Wildman–Crippen MR) is 142 cm³/mol. The van der Waals surface area contributed by atoms with E-state index in [1.807, 2.05) is 34.6 Å². The molecule has 8 nitrogen and oxygen atoms in total. The minimum atomic E-state index is -2.44. The average Bonchev–Trinajstić information content (AvgIpc) is 2.84. The third kappa shape index (κ3) is 16.4. The summed E-state index contributed by atoms with van der Waals surface area (Å²) in [6.45, 7) is 9.94. The maximum atomic E-state index is 12.9. The quantitative estimate of drug-likeness (QED) is 0.0772. The molecule has 0 aliphatic carbocycles. The largest absolute Gasteiger partial charge is 0.463 e. The number of carbonyl (C=O) groups excluding carboxylic acids is 4. The van der Waals surface area contributed by atoms with Gasteiger partial charge in [-0.1, -0.05) is 92.4 Å². The maximum absolute atomic E-state index is 12.9. The van der Waals surface area contributed by atoms with E-state index >= 15 is 0 Å². The van der Waals surface area contributed by atoms with Crippen LogP contribution < -0.4 is 0 Å². The van der Waals surface area contributed by atoms with Crippen LogP contribution in [0.15, 0.2) is 0 Å². The molecule has 0 aromatic carbocycles. The molecule has 0 aliphatic heterocycles. The van der Waals surface area contributed by atoms with Gasteiger partial charge in [0, 0.05) is 25.7 Å². The minimum Gasteiger partial charge on any atom is -0.449 e. The first kappa shape index (κ1) is 34.9. The Morgan fingerprint density at radius 2 is 0.811 bits per heavy atom. The Bertz CT molecular complexity index is 586. The summed E-state index contributed by atoms with van der Waals surface area (Å²) in [6, 6.07) is 0. The molecule has 0 saturated heterocycles. The number of carbonyl (C=O) groups is 4. The zero-order valence-electron chi connectivity index (χ0n) is 24.1. The lowest BCUT2D eigenvalue weighted by molar-refractivity contribution is -0.365. The number of esters is 4. The summed E-state index contributed by atoms with van der Waals surface area (Å²) in [5, 5.41) is 0. The van der Waals surface area contributed by atoms with Crippen LogP contribution in [0.3, 0.4) is 0 Å². The van der Waals surface area contributed by atoms with Gasteiger partial charge in [-0.05, 0) is 32.1 Å². The smallest absolute Gasteiger partial charge is 0.449 e. The van der Waals surface area contributed by atoms with Crippen LogP contribution in [-0.2, 0) is 38.1 Å². The highest BCUT2D eigenvalue weighted by Crippen LogP contribution is 2.30. The van der Waals surface area contributed by atoms with Gasteiger partial charge in [0.05, 0.1) is 0 Å². The monoisotopic (exact) mass is 528 g/mol. The number of hydrogen-bond acceptors (Lipinski definition) is 8. The Labute approximate surface area is 224 Å². The molecule has 0 bridgehead atoms. The van der Waals surface area contributed by atoms with E-state index < -0.39 is 36.0 Å². The summed E-state index contributed by atoms with van der Waals surface area (Å²) in [7, 11) is 0. The van der Waals surface area contributed by atoms with Gasteiger partial charge in [-0.15, -0.1) is 0 Å². The second-order valence-corrected chi connectivity index (χ2v) is 9.62. The van der Waals surface area contributed by atoms with Gasteiger partial charge < -0.3 is 18.9 Å². The molecule has 0 spiro atoms. The summed E-state index contributed by atoms with van der Waals surface area (Å²) >= 11 is 0. The molecule has 216 valence electrons. The molecule has 0 aliphatic rings. The van der Waals surface area contributed by atoms with E-state index in [1.165, 1.54) is 0 Å². The average molecular weight is 529 g/mol. The first-order valence-corrected chi connectivity index (χ1v) is 14.6. The Balaban J connectivity index is 6.14.